The zero-order valence-corrected chi connectivity index (χ0v) is 15.4. The van der Waals surface area contributed by atoms with Gasteiger partial charge in [0.1, 0.15) is 11.5 Å². The van der Waals surface area contributed by atoms with E-state index in [9.17, 15) is 18.0 Å². The molecule has 1 heterocycles. The van der Waals surface area contributed by atoms with Crippen molar-refractivity contribution in [3.63, 3.8) is 0 Å². The first kappa shape index (κ1) is 19.8. The topological polar surface area (TPSA) is 51.5 Å². The Morgan fingerprint density at radius 3 is 2.46 bits per heavy atom. The van der Waals surface area contributed by atoms with Gasteiger partial charge in [-0.1, -0.05) is 11.6 Å². The van der Waals surface area contributed by atoms with Gasteiger partial charge in [0.05, 0.1) is 17.2 Å². The van der Waals surface area contributed by atoms with Gasteiger partial charge in [-0.3, -0.25) is 4.79 Å². The molecule has 3 aromatic rings. The molecule has 0 bridgehead atoms. The number of anilines is 1. The Bertz CT molecular complexity index is 981. The monoisotopic (exact) mass is 409 g/mol. The predicted molar refractivity (Wildman–Crippen MR) is 99.7 cm³/mol. The number of hydrogen-bond acceptors (Lipinski definition) is 3. The minimum absolute atomic E-state index is 0.0348. The number of carbonyl (C=O) groups excluding carboxylic acids is 1. The third-order valence-corrected chi connectivity index (χ3v) is 4.14. The molecular weight excluding hydrogens is 395 g/mol. The summed E-state index contributed by atoms with van der Waals surface area (Å²) < 4.78 is 49.8. The minimum Gasteiger partial charge on any atom is -0.494 e. The third-order valence-electron chi connectivity index (χ3n) is 3.81. The van der Waals surface area contributed by atoms with Gasteiger partial charge in [-0.05, 0) is 61.5 Å². The maximum Gasteiger partial charge on any atom is 0.417 e. The fourth-order valence-corrected chi connectivity index (χ4v) is 2.73. The highest BCUT2D eigenvalue weighted by Gasteiger charge is 2.33. The van der Waals surface area contributed by atoms with E-state index in [1.165, 1.54) is 18.2 Å². The van der Waals surface area contributed by atoms with Crippen LogP contribution < -0.4 is 10.1 Å². The van der Waals surface area contributed by atoms with E-state index in [-0.39, 0.29) is 17.1 Å². The van der Waals surface area contributed by atoms with Crippen molar-refractivity contribution in [3.8, 4) is 17.1 Å². The summed E-state index contributed by atoms with van der Waals surface area (Å²) in [5.41, 5.74) is -0.280. The molecule has 0 aliphatic heterocycles. The Labute approximate surface area is 163 Å². The van der Waals surface area contributed by atoms with Gasteiger partial charge in [-0.15, -0.1) is 0 Å². The van der Waals surface area contributed by atoms with E-state index in [0.29, 0.717) is 18.0 Å². The molecule has 0 radical (unpaired) electrons. The van der Waals surface area contributed by atoms with Crippen LogP contribution in [0.4, 0.5) is 18.9 Å². The van der Waals surface area contributed by atoms with E-state index in [4.69, 9.17) is 20.8 Å². The van der Waals surface area contributed by atoms with Gasteiger partial charge in [0.15, 0.2) is 5.76 Å². The van der Waals surface area contributed by atoms with E-state index in [1.54, 1.807) is 24.3 Å². The first-order chi connectivity index (χ1) is 13.3. The summed E-state index contributed by atoms with van der Waals surface area (Å²) in [6.45, 7) is 2.39. The molecule has 1 amide bonds. The SMILES string of the molecule is CCOc1ccc(NC(=O)c2ccc(-c3ccc(Cl)c(C(F)(F)F)c3)o2)cc1. The Morgan fingerprint density at radius 2 is 1.82 bits per heavy atom. The zero-order chi connectivity index (χ0) is 20.3. The highest BCUT2D eigenvalue weighted by atomic mass is 35.5. The van der Waals surface area contributed by atoms with Crippen molar-refractivity contribution in [2.45, 2.75) is 13.1 Å². The average Bonchev–Trinajstić information content (AvgIpc) is 3.13. The summed E-state index contributed by atoms with van der Waals surface area (Å²) in [7, 11) is 0. The average molecular weight is 410 g/mol. The van der Waals surface area contributed by atoms with Crippen molar-refractivity contribution in [3.05, 3.63) is 70.9 Å². The molecule has 8 heteroatoms. The molecule has 0 saturated heterocycles. The lowest BCUT2D eigenvalue weighted by Crippen LogP contribution is -2.10. The summed E-state index contributed by atoms with van der Waals surface area (Å²) >= 11 is 5.62. The molecule has 0 saturated carbocycles. The van der Waals surface area contributed by atoms with Gasteiger partial charge in [-0.25, -0.2) is 0 Å². The number of halogens is 4. The molecule has 0 fully saturated rings. The molecule has 0 aliphatic carbocycles. The second-order valence-corrected chi connectivity index (χ2v) is 6.17. The molecule has 146 valence electrons. The first-order valence-electron chi connectivity index (χ1n) is 8.29. The van der Waals surface area contributed by atoms with Crippen molar-refractivity contribution in [1.29, 1.82) is 0 Å². The number of alkyl halides is 3. The zero-order valence-electron chi connectivity index (χ0n) is 14.6. The molecule has 28 heavy (non-hydrogen) atoms. The van der Waals surface area contributed by atoms with Gasteiger partial charge in [0.2, 0.25) is 0 Å². The van der Waals surface area contributed by atoms with Crippen molar-refractivity contribution in [2.75, 3.05) is 11.9 Å². The maximum atomic E-state index is 13.0. The maximum absolute atomic E-state index is 13.0. The van der Waals surface area contributed by atoms with Crippen LogP contribution in [0.15, 0.2) is 59.0 Å². The fraction of sp³-hybridized carbons (Fsp3) is 0.150. The molecule has 0 unspecified atom stereocenters. The van der Waals surface area contributed by atoms with Gasteiger partial charge in [0, 0.05) is 11.3 Å². The van der Waals surface area contributed by atoms with E-state index in [1.807, 2.05) is 6.92 Å². The lowest BCUT2D eigenvalue weighted by molar-refractivity contribution is -0.137. The molecule has 0 atom stereocenters. The van der Waals surface area contributed by atoms with Crippen molar-refractivity contribution >= 4 is 23.2 Å². The minimum atomic E-state index is -4.59. The second-order valence-electron chi connectivity index (χ2n) is 5.77. The molecule has 3 rings (SSSR count). The Morgan fingerprint density at radius 1 is 1.11 bits per heavy atom. The van der Waals surface area contributed by atoms with Crippen LogP contribution in [-0.4, -0.2) is 12.5 Å². The van der Waals surface area contributed by atoms with Gasteiger partial charge < -0.3 is 14.5 Å². The van der Waals surface area contributed by atoms with Crippen LogP contribution in [0.1, 0.15) is 23.0 Å². The fourth-order valence-electron chi connectivity index (χ4n) is 2.50. The predicted octanol–water partition coefficient (Wildman–Crippen LogP) is 6.27. The Kier molecular flexibility index (Phi) is 5.65. The number of ether oxygens (including phenoxy) is 1. The molecule has 1 N–H and O–H groups in total. The van der Waals surface area contributed by atoms with Crippen molar-refractivity contribution in [1.82, 2.24) is 0 Å². The van der Waals surface area contributed by atoms with Crippen LogP contribution in [0, 0.1) is 0 Å². The molecule has 1 aromatic heterocycles. The van der Waals surface area contributed by atoms with Crippen LogP contribution >= 0.6 is 11.6 Å². The number of benzene rings is 2. The smallest absolute Gasteiger partial charge is 0.417 e. The van der Waals surface area contributed by atoms with E-state index < -0.39 is 22.7 Å². The standard InChI is InChI=1S/C20H15ClF3NO3/c1-2-27-14-6-4-13(5-7-14)25-19(26)18-10-9-17(28-18)12-3-8-16(21)15(11-12)20(22,23)24/h3-11H,2H2,1H3,(H,25,26). The summed E-state index contributed by atoms with van der Waals surface area (Å²) in [4.78, 5) is 12.3. The number of furan rings is 1. The number of hydrogen-bond donors (Lipinski definition) is 1. The lowest BCUT2D eigenvalue weighted by Gasteiger charge is -2.10. The largest absolute Gasteiger partial charge is 0.494 e. The van der Waals surface area contributed by atoms with Crippen LogP contribution in [-0.2, 0) is 6.18 Å². The van der Waals surface area contributed by atoms with E-state index >= 15 is 0 Å². The Hall–Kier alpha value is -2.93. The lowest BCUT2D eigenvalue weighted by atomic mass is 10.1. The third kappa shape index (κ3) is 4.48. The molecular formula is C20H15ClF3NO3. The van der Waals surface area contributed by atoms with E-state index in [0.717, 1.165) is 12.1 Å². The summed E-state index contributed by atoms with van der Waals surface area (Å²) in [5, 5.41) is 2.24. The molecule has 2 aromatic carbocycles. The van der Waals surface area contributed by atoms with Crippen LogP contribution in [0.25, 0.3) is 11.3 Å². The van der Waals surface area contributed by atoms with Crippen molar-refractivity contribution < 1.29 is 27.1 Å². The number of carbonyl (C=O) groups is 1. The normalized spacial score (nSPS) is 11.3. The number of amides is 1. The van der Waals surface area contributed by atoms with Gasteiger partial charge in [-0.2, -0.15) is 13.2 Å². The van der Waals surface area contributed by atoms with Crippen LogP contribution in [0.3, 0.4) is 0 Å². The van der Waals surface area contributed by atoms with Crippen LogP contribution in [0.2, 0.25) is 5.02 Å². The summed E-state index contributed by atoms with van der Waals surface area (Å²) in [5.74, 6) is 0.232. The Balaban J connectivity index is 1.77. The van der Waals surface area contributed by atoms with Crippen LogP contribution in [0.5, 0.6) is 5.75 Å². The van der Waals surface area contributed by atoms with Gasteiger partial charge >= 0.3 is 6.18 Å². The summed E-state index contributed by atoms with van der Waals surface area (Å²) in [6, 6.07) is 13.0. The quantitative estimate of drug-likeness (QED) is 0.540. The molecule has 0 aliphatic rings. The highest BCUT2D eigenvalue weighted by Crippen LogP contribution is 2.37. The summed E-state index contributed by atoms with van der Waals surface area (Å²) in [6.07, 6.45) is -4.59. The van der Waals surface area contributed by atoms with Gasteiger partial charge in [0.25, 0.3) is 5.91 Å². The molecule has 0 spiro atoms. The number of nitrogens with one attached hydrogen (secondary N) is 1. The van der Waals surface area contributed by atoms with Crippen molar-refractivity contribution in [2.24, 2.45) is 0 Å². The van der Waals surface area contributed by atoms with E-state index in [2.05, 4.69) is 5.32 Å². The highest BCUT2D eigenvalue weighted by molar-refractivity contribution is 6.31. The number of rotatable bonds is 5. The second kappa shape index (κ2) is 7.98. The molecule has 4 nitrogen and oxygen atoms in total. The first-order valence-corrected chi connectivity index (χ1v) is 8.67.